The van der Waals surface area contributed by atoms with Gasteiger partial charge in [-0.15, -0.1) is 0 Å². The van der Waals surface area contributed by atoms with Crippen LogP contribution in [0.25, 0.3) is 0 Å². The molecule has 0 spiro atoms. The van der Waals surface area contributed by atoms with Crippen LogP contribution in [0.1, 0.15) is 6.99 Å². The maximum absolute atomic E-state index is 12.9. The van der Waals surface area contributed by atoms with Gasteiger partial charge in [0.25, 0.3) is 0 Å². The Balaban J connectivity index is 0.00000144. The summed E-state index contributed by atoms with van der Waals surface area (Å²) in [5.41, 5.74) is 5.80. The number of primary amides is 1. The third kappa shape index (κ3) is 1.95. The molecule has 3 nitrogen and oxygen atoms in total. The van der Waals surface area contributed by atoms with Gasteiger partial charge in [0.15, 0.2) is 0 Å². The summed E-state index contributed by atoms with van der Waals surface area (Å²) in [7, 11) is 0. The first-order valence-corrected chi connectivity index (χ1v) is 3.42. The van der Waals surface area contributed by atoms with Gasteiger partial charge in [-0.1, -0.05) is 6.07 Å². The number of nitrogens with one attached hydrogen (secondary N) is 1. The van der Waals surface area contributed by atoms with E-state index in [0.717, 1.165) is 5.56 Å². The van der Waals surface area contributed by atoms with E-state index in [9.17, 15) is 9.18 Å². The molecule has 0 unspecified atom stereocenters. The standard InChI is InChI=1S/C8H9FN2O.H2/c1-5-2-3-6(9)7(4-5)11-8(10)12;/h2-4H,1H3,(H3,10,11,12);1H. The van der Waals surface area contributed by atoms with E-state index in [4.69, 9.17) is 5.73 Å². The van der Waals surface area contributed by atoms with E-state index < -0.39 is 11.8 Å². The predicted octanol–water partition coefficient (Wildman–Crippen LogP) is 1.87. The Hall–Kier alpha value is -1.58. The smallest absolute Gasteiger partial charge is 0.316 e. The summed E-state index contributed by atoms with van der Waals surface area (Å²) in [6, 6.07) is 3.64. The topological polar surface area (TPSA) is 55.1 Å². The van der Waals surface area contributed by atoms with Crippen LogP contribution in [-0.2, 0) is 0 Å². The third-order valence-corrected chi connectivity index (χ3v) is 1.38. The minimum Gasteiger partial charge on any atom is -0.351 e. The first-order chi connectivity index (χ1) is 5.59. The molecular weight excluding hydrogens is 159 g/mol. The Labute approximate surface area is 70.9 Å². The molecule has 0 saturated carbocycles. The Morgan fingerprint density at radius 1 is 1.67 bits per heavy atom. The fourth-order valence-electron chi connectivity index (χ4n) is 0.868. The van der Waals surface area contributed by atoms with Crippen LogP contribution >= 0.6 is 0 Å². The molecule has 3 N–H and O–H groups in total. The maximum Gasteiger partial charge on any atom is 0.316 e. The number of amides is 2. The van der Waals surface area contributed by atoms with Crippen LogP contribution in [0.3, 0.4) is 0 Å². The molecule has 1 aromatic carbocycles. The van der Waals surface area contributed by atoms with Crippen molar-refractivity contribution in [3.05, 3.63) is 29.6 Å². The number of hydrogen-bond donors (Lipinski definition) is 2. The van der Waals surface area contributed by atoms with Crippen molar-refractivity contribution in [2.45, 2.75) is 6.92 Å². The number of urea groups is 1. The highest BCUT2D eigenvalue weighted by atomic mass is 19.1. The molecule has 2 amide bonds. The van der Waals surface area contributed by atoms with Gasteiger partial charge < -0.3 is 11.1 Å². The lowest BCUT2D eigenvalue weighted by atomic mass is 10.2. The second kappa shape index (κ2) is 3.21. The highest BCUT2D eigenvalue weighted by Gasteiger charge is 2.02. The largest absolute Gasteiger partial charge is 0.351 e. The first kappa shape index (κ1) is 8.52. The zero-order chi connectivity index (χ0) is 9.14. The van der Waals surface area contributed by atoms with Gasteiger partial charge in [-0.3, -0.25) is 0 Å². The van der Waals surface area contributed by atoms with Crippen molar-refractivity contribution in [2.24, 2.45) is 5.73 Å². The summed E-state index contributed by atoms with van der Waals surface area (Å²) in [4.78, 5) is 10.4. The van der Waals surface area contributed by atoms with Crippen LogP contribution in [0.4, 0.5) is 14.9 Å². The van der Waals surface area contributed by atoms with E-state index >= 15 is 0 Å². The van der Waals surface area contributed by atoms with Gasteiger partial charge in [-0.05, 0) is 24.6 Å². The number of carbonyl (C=O) groups is 1. The Bertz CT molecular complexity index is 317. The number of carbonyl (C=O) groups excluding carboxylic acids is 1. The zero-order valence-electron chi connectivity index (χ0n) is 6.60. The van der Waals surface area contributed by atoms with Crippen LogP contribution in [0.15, 0.2) is 18.2 Å². The number of hydrogen-bond acceptors (Lipinski definition) is 1. The van der Waals surface area contributed by atoms with Crippen LogP contribution in [0, 0.1) is 12.7 Å². The van der Waals surface area contributed by atoms with Crippen LogP contribution in [-0.4, -0.2) is 6.03 Å². The van der Waals surface area contributed by atoms with Crippen molar-refractivity contribution in [3.63, 3.8) is 0 Å². The van der Waals surface area contributed by atoms with E-state index in [1.54, 1.807) is 13.0 Å². The second-order valence-electron chi connectivity index (χ2n) is 2.47. The van der Waals surface area contributed by atoms with Crippen molar-refractivity contribution >= 4 is 11.7 Å². The molecule has 66 valence electrons. The minimum absolute atomic E-state index is 0. The summed E-state index contributed by atoms with van der Waals surface area (Å²) >= 11 is 0. The lowest BCUT2D eigenvalue weighted by Crippen LogP contribution is -2.20. The van der Waals surface area contributed by atoms with Crippen molar-refractivity contribution in [2.75, 3.05) is 5.32 Å². The third-order valence-electron chi connectivity index (χ3n) is 1.38. The average Bonchev–Trinajstić information content (AvgIpc) is 1.96. The fourth-order valence-corrected chi connectivity index (χ4v) is 0.868. The molecule has 0 aliphatic carbocycles. The molecule has 0 fully saturated rings. The van der Waals surface area contributed by atoms with E-state index in [1.165, 1.54) is 12.1 Å². The van der Waals surface area contributed by atoms with Crippen LogP contribution in [0.2, 0.25) is 0 Å². The minimum atomic E-state index is -0.764. The van der Waals surface area contributed by atoms with Crippen LogP contribution < -0.4 is 11.1 Å². The first-order valence-electron chi connectivity index (χ1n) is 3.42. The Morgan fingerprint density at radius 2 is 2.33 bits per heavy atom. The average molecular weight is 170 g/mol. The summed E-state index contributed by atoms with van der Waals surface area (Å²) < 4.78 is 12.9. The highest BCUT2D eigenvalue weighted by molar-refractivity contribution is 5.87. The number of nitrogens with two attached hydrogens (primary N) is 1. The maximum atomic E-state index is 12.9. The lowest BCUT2D eigenvalue weighted by molar-refractivity contribution is 0.259. The monoisotopic (exact) mass is 170 g/mol. The van der Waals surface area contributed by atoms with Gasteiger partial charge in [0.2, 0.25) is 0 Å². The van der Waals surface area contributed by atoms with Gasteiger partial charge in [0, 0.05) is 1.43 Å². The van der Waals surface area contributed by atoms with Gasteiger partial charge in [-0.25, -0.2) is 9.18 Å². The molecule has 1 aromatic rings. The number of benzene rings is 1. The van der Waals surface area contributed by atoms with Crippen molar-refractivity contribution in [1.82, 2.24) is 0 Å². The molecule has 12 heavy (non-hydrogen) atoms. The summed E-state index contributed by atoms with van der Waals surface area (Å²) in [6.07, 6.45) is 0. The molecular formula is C8H11FN2O. The molecule has 0 atom stereocenters. The molecule has 1 rings (SSSR count). The van der Waals surface area contributed by atoms with Gasteiger partial charge in [0.1, 0.15) is 5.82 Å². The number of aryl methyl sites for hydroxylation is 1. The van der Waals surface area contributed by atoms with Crippen molar-refractivity contribution < 1.29 is 10.6 Å². The van der Waals surface area contributed by atoms with Crippen LogP contribution in [0.5, 0.6) is 0 Å². The molecule has 0 bridgehead atoms. The normalized spacial score (nSPS) is 9.50. The Kier molecular flexibility index (Phi) is 2.28. The second-order valence-corrected chi connectivity index (χ2v) is 2.47. The van der Waals surface area contributed by atoms with Crippen molar-refractivity contribution in [3.8, 4) is 0 Å². The summed E-state index contributed by atoms with van der Waals surface area (Å²) in [5.74, 6) is -0.487. The molecule has 0 heterocycles. The summed E-state index contributed by atoms with van der Waals surface area (Å²) in [5, 5.41) is 2.18. The number of halogens is 1. The quantitative estimate of drug-likeness (QED) is 0.664. The van der Waals surface area contributed by atoms with E-state index in [-0.39, 0.29) is 7.11 Å². The van der Waals surface area contributed by atoms with Gasteiger partial charge in [-0.2, -0.15) is 0 Å². The van der Waals surface area contributed by atoms with Gasteiger partial charge >= 0.3 is 6.03 Å². The predicted molar refractivity (Wildman–Crippen MR) is 46.5 cm³/mol. The molecule has 0 radical (unpaired) electrons. The molecule has 0 aliphatic rings. The molecule has 0 aromatic heterocycles. The lowest BCUT2D eigenvalue weighted by Gasteiger charge is -2.03. The zero-order valence-corrected chi connectivity index (χ0v) is 6.60. The molecule has 0 saturated heterocycles. The van der Waals surface area contributed by atoms with Gasteiger partial charge in [0.05, 0.1) is 5.69 Å². The van der Waals surface area contributed by atoms with Crippen molar-refractivity contribution in [1.29, 1.82) is 0 Å². The number of anilines is 1. The Morgan fingerprint density at radius 3 is 2.92 bits per heavy atom. The van der Waals surface area contributed by atoms with E-state index in [0.29, 0.717) is 0 Å². The molecule has 4 heteroatoms. The van der Waals surface area contributed by atoms with E-state index in [1.807, 2.05) is 0 Å². The molecule has 0 aliphatic heterocycles. The highest BCUT2D eigenvalue weighted by Crippen LogP contribution is 2.14. The SMILES string of the molecule is Cc1ccc(F)c(NC(N)=O)c1.[HH]. The number of rotatable bonds is 1. The summed E-state index contributed by atoms with van der Waals surface area (Å²) in [6.45, 7) is 1.80. The van der Waals surface area contributed by atoms with E-state index in [2.05, 4.69) is 5.32 Å². The fraction of sp³-hybridized carbons (Fsp3) is 0.125.